The summed E-state index contributed by atoms with van der Waals surface area (Å²) < 4.78 is 5.64. The van der Waals surface area contributed by atoms with Crippen molar-refractivity contribution in [2.24, 2.45) is 0 Å². The molecule has 0 atom stereocenters. The fourth-order valence-electron chi connectivity index (χ4n) is 2.91. The molecule has 0 unspecified atom stereocenters. The van der Waals surface area contributed by atoms with E-state index in [0.717, 1.165) is 24.9 Å². The Morgan fingerprint density at radius 2 is 1.86 bits per heavy atom. The lowest BCUT2D eigenvalue weighted by Gasteiger charge is -2.04. The third kappa shape index (κ3) is 5.42. The molecule has 0 spiro atoms. The number of hydrogen-bond acceptors (Lipinski definition) is 4. The Kier molecular flexibility index (Phi) is 6.58. The summed E-state index contributed by atoms with van der Waals surface area (Å²) >= 11 is 0. The Morgan fingerprint density at radius 1 is 1.10 bits per heavy atom. The van der Waals surface area contributed by atoms with Crippen LogP contribution in [0.25, 0.3) is 17.4 Å². The number of carbonyl (C=O) groups is 1. The molecule has 29 heavy (non-hydrogen) atoms. The number of aryl methyl sites for hydroxylation is 1. The fourth-order valence-corrected chi connectivity index (χ4v) is 2.91. The van der Waals surface area contributed by atoms with E-state index < -0.39 is 4.92 Å². The molecule has 0 aliphatic rings. The van der Waals surface area contributed by atoms with Crippen LogP contribution in [0.2, 0.25) is 0 Å². The minimum atomic E-state index is -0.450. The van der Waals surface area contributed by atoms with Crippen molar-refractivity contribution in [3.8, 4) is 11.3 Å². The molecular weight excluding hydrogens is 368 g/mol. The molecule has 0 radical (unpaired) electrons. The molecule has 0 bridgehead atoms. The number of unbranched alkanes of at least 4 members (excludes halogenated alkanes) is 1. The van der Waals surface area contributed by atoms with Crippen LogP contribution in [0.1, 0.15) is 31.1 Å². The number of nitrogens with zero attached hydrogens (tertiary/aromatic N) is 1. The predicted molar refractivity (Wildman–Crippen MR) is 114 cm³/mol. The maximum atomic E-state index is 12.1. The lowest BCUT2D eigenvalue weighted by atomic mass is 10.1. The third-order valence-corrected chi connectivity index (χ3v) is 4.43. The van der Waals surface area contributed by atoms with Crippen LogP contribution >= 0.6 is 0 Å². The highest BCUT2D eigenvalue weighted by Gasteiger charge is 2.16. The summed E-state index contributed by atoms with van der Waals surface area (Å²) in [5.74, 6) is 0.526. The molecule has 0 aliphatic carbocycles. The second kappa shape index (κ2) is 9.50. The van der Waals surface area contributed by atoms with Gasteiger partial charge in [0.05, 0.1) is 10.5 Å². The number of carbonyl (C=O) groups excluding carboxylic acids is 1. The van der Waals surface area contributed by atoms with E-state index in [9.17, 15) is 14.9 Å². The fraction of sp³-hybridized carbons (Fsp3) is 0.174. The molecule has 1 aromatic heterocycles. The van der Waals surface area contributed by atoms with E-state index in [1.165, 1.54) is 23.8 Å². The number of para-hydroxylation sites is 1. The number of hydrogen-bond donors (Lipinski definition) is 1. The molecule has 3 rings (SSSR count). The molecule has 3 aromatic rings. The Balaban J connectivity index is 1.64. The molecule has 6 nitrogen and oxygen atoms in total. The van der Waals surface area contributed by atoms with E-state index in [4.69, 9.17) is 4.42 Å². The molecule has 0 saturated carbocycles. The molecule has 2 aromatic carbocycles. The Bertz CT molecular complexity index is 1020. The molecule has 1 heterocycles. The second-order valence-corrected chi connectivity index (χ2v) is 6.60. The largest absolute Gasteiger partial charge is 0.456 e. The van der Waals surface area contributed by atoms with E-state index in [2.05, 4.69) is 12.2 Å². The Hall–Kier alpha value is -3.67. The van der Waals surface area contributed by atoms with E-state index in [0.29, 0.717) is 17.1 Å². The van der Waals surface area contributed by atoms with Crippen molar-refractivity contribution >= 4 is 23.4 Å². The number of benzene rings is 2. The van der Waals surface area contributed by atoms with Crippen molar-refractivity contribution in [3.05, 3.63) is 88.2 Å². The van der Waals surface area contributed by atoms with Crippen LogP contribution in [0.5, 0.6) is 0 Å². The summed E-state index contributed by atoms with van der Waals surface area (Å²) in [6.07, 6.45) is 6.22. The summed E-state index contributed by atoms with van der Waals surface area (Å²) in [5.41, 5.74) is 2.33. The van der Waals surface area contributed by atoms with Crippen LogP contribution in [-0.4, -0.2) is 10.8 Å². The van der Waals surface area contributed by atoms with Crippen molar-refractivity contribution in [3.63, 3.8) is 0 Å². The van der Waals surface area contributed by atoms with Crippen LogP contribution in [0.15, 0.2) is 71.2 Å². The van der Waals surface area contributed by atoms with Crippen LogP contribution in [0.3, 0.4) is 0 Å². The van der Waals surface area contributed by atoms with Gasteiger partial charge in [0.2, 0.25) is 5.91 Å². The van der Waals surface area contributed by atoms with E-state index in [1.807, 2.05) is 24.3 Å². The van der Waals surface area contributed by atoms with Crippen molar-refractivity contribution in [2.75, 3.05) is 5.32 Å². The first-order valence-electron chi connectivity index (χ1n) is 9.48. The van der Waals surface area contributed by atoms with E-state index in [-0.39, 0.29) is 11.6 Å². The van der Waals surface area contributed by atoms with Gasteiger partial charge in [-0.1, -0.05) is 37.6 Å². The second-order valence-electron chi connectivity index (χ2n) is 6.60. The number of amides is 1. The first-order chi connectivity index (χ1) is 14.1. The lowest BCUT2D eigenvalue weighted by Crippen LogP contribution is -2.07. The normalized spacial score (nSPS) is 10.9. The lowest BCUT2D eigenvalue weighted by molar-refractivity contribution is -0.384. The summed E-state index contributed by atoms with van der Waals surface area (Å²) in [6.45, 7) is 2.16. The van der Waals surface area contributed by atoms with Gasteiger partial charge < -0.3 is 9.73 Å². The highest BCUT2D eigenvalue weighted by molar-refractivity contribution is 6.01. The number of anilines is 1. The average molecular weight is 390 g/mol. The zero-order chi connectivity index (χ0) is 20.6. The highest BCUT2D eigenvalue weighted by Crippen LogP contribution is 2.31. The van der Waals surface area contributed by atoms with Gasteiger partial charge in [-0.2, -0.15) is 0 Å². The molecule has 1 N–H and O–H groups in total. The van der Waals surface area contributed by atoms with E-state index >= 15 is 0 Å². The first-order valence-corrected chi connectivity index (χ1v) is 9.48. The number of nitro benzene ring substituents is 1. The van der Waals surface area contributed by atoms with Crippen LogP contribution in [0, 0.1) is 10.1 Å². The van der Waals surface area contributed by atoms with Gasteiger partial charge in [-0.3, -0.25) is 14.9 Å². The van der Waals surface area contributed by atoms with Gasteiger partial charge >= 0.3 is 0 Å². The Labute approximate surface area is 169 Å². The molecule has 0 saturated heterocycles. The smallest absolute Gasteiger partial charge is 0.280 e. The number of nitro groups is 1. The van der Waals surface area contributed by atoms with Gasteiger partial charge in [0, 0.05) is 17.8 Å². The molecule has 0 aliphatic heterocycles. The highest BCUT2D eigenvalue weighted by atomic mass is 16.6. The number of rotatable bonds is 8. The van der Waals surface area contributed by atoms with E-state index in [1.54, 1.807) is 30.3 Å². The monoisotopic (exact) mass is 390 g/mol. The summed E-state index contributed by atoms with van der Waals surface area (Å²) in [6, 6.07) is 17.5. The van der Waals surface area contributed by atoms with Gasteiger partial charge in [0.1, 0.15) is 11.5 Å². The van der Waals surface area contributed by atoms with Gasteiger partial charge in [-0.05, 0) is 54.8 Å². The molecule has 6 heteroatoms. The maximum absolute atomic E-state index is 12.1. The van der Waals surface area contributed by atoms with Gasteiger partial charge in [0.25, 0.3) is 5.69 Å². The minimum absolute atomic E-state index is 0.0301. The Morgan fingerprint density at radius 3 is 2.59 bits per heavy atom. The molecule has 1 amide bonds. The zero-order valence-corrected chi connectivity index (χ0v) is 16.1. The quantitative estimate of drug-likeness (QED) is 0.297. The van der Waals surface area contributed by atoms with Crippen molar-refractivity contribution < 1.29 is 14.1 Å². The van der Waals surface area contributed by atoms with Gasteiger partial charge in [-0.15, -0.1) is 0 Å². The van der Waals surface area contributed by atoms with Gasteiger partial charge in [0.15, 0.2) is 0 Å². The summed E-state index contributed by atoms with van der Waals surface area (Å²) in [7, 11) is 0. The van der Waals surface area contributed by atoms with Crippen LogP contribution in [0.4, 0.5) is 11.4 Å². The van der Waals surface area contributed by atoms with Crippen molar-refractivity contribution in [1.29, 1.82) is 0 Å². The topological polar surface area (TPSA) is 85.4 Å². The van der Waals surface area contributed by atoms with Crippen molar-refractivity contribution in [2.45, 2.75) is 26.2 Å². The maximum Gasteiger partial charge on any atom is 0.280 e. The SMILES string of the molecule is CCCCc1ccc(NC(=O)C=Cc2ccc(-c3ccccc3[N+](=O)[O-])o2)cc1. The number of furan rings is 1. The standard InChI is InChI=1S/C23H22N2O4/c1-2-3-6-17-9-11-18(12-10-17)24-23(26)16-14-19-13-15-22(29-19)20-7-4-5-8-21(20)25(27)28/h4-5,7-16H,2-3,6H2,1H3,(H,24,26). The van der Waals surface area contributed by atoms with Crippen molar-refractivity contribution in [1.82, 2.24) is 0 Å². The molecular formula is C23H22N2O4. The number of nitrogens with one attached hydrogen (secondary N) is 1. The molecule has 0 fully saturated rings. The first kappa shape index (κ1) is 20.1. The zero-order valence-electron chi connectivity index (χ0n) is 16.1. The van der Waals surface area contributed by atoms with Crippen LogP contribution < -0.4 is 5.32 Å². The average Bonchev–Trinajstić information content (AvgIpc) is 3.21. The minimum Gasteiger partial charge on any atom is -0.456 e. The summed E-state index contributed by atoms with van der Waals surface area (Å²) in [4.78, 5) is 22.8. The van der Waals surface area contributed by atoms with Crippen LogP contribution in [-0.2, 0) is 11.2 Å². The predicted octanol–water partition coefficient (Wildman–Crippen LogP) is 5.85. The summed E-state index contributed by atoms with van der Waals surface area (Å²) in [5, 5.41) is 14.0. The molecule has 148 valence electrons. The van der Waals surface area contributed by atoms with Gasteiger partial charge in [-0.25, -0.2) is 0 Å². The third-order valence-electron chi connectivity index (χ3n) is 4.43.